The lowest BCUT2D eigenvalue weighted by Crippen LogP contribution is -2.01. The van der Waals surface area contributed by atoms with Gasteiger partial charge in [-0.1, -0.05) is 70.6 Å². The Morgan fingerprint density at radius 2 is 1.84 bits per heavy atom. The van der Waals surface area contributed by atoms with Crippen molar-refractivity contribution in [2.45, 2.75) is 11.3 Å². The number of halogens is 2. The van der Waals surface area contributed by atoms with Crippen LogP contribution < -0.4 is 10.1 Å². The van der Waals surface area contributed by atoms with E-state index in [1.165, 1.54) is 11.3 Å². The predicted octanol–water partition coefficient (Wildman–Crippen LogP) is 6.07. The highest BCUT2D eigenvalue weighted by molar-refractivity contribution is 8.01. The molecule has 3 aromatic rings. The van der Waals surface area contributed by atoms with E-state index in [9.17, 15) is 0 Å². The average Bonchev–Trinajstić information content (AvgIpc) is 3.03. The molecule has 0 aliphatic carbocycles. The Hall–Kier alpha value is -1.47. The Morgan fingerprint density at radius 3 is 2.60 bits per heavy atom. The molecule has 25 heavy (non-hydrogen) atoms. The molecule has 4 nitrogen and oxygen atoms in total. The highest BCUT2D eigenvalue weighted by Gasteiger charge is 2.08. The van der Waals surface area contributed by atoms with E-state index in [-0.39, 0.29) is 0 Å². The van der Waals surface area contributed by atoms with Crippen molar-refractivity contribution >= 4 is 57.1 Å². The van der Waals surface area contributed by atoms with Gasteiger partial charge in [0.1, 0.15) is 0 Å². The number of benzene rings is 2. The number of hydrogen-bond donors (Lipinski definition) is 1. The van der Waals surface area contributed by atoms with Crippen LogP contribution in [0.3, 0.4) is 0 Å². The summed E-state index contributed by atoms with van der Waals surface area (Å²) in [6.45, 7) is 2.53. The number of thioether (sulfide) groups is 1. The van der Waals surface area contributed by atoms with E-state index in [2.05, 4.69) is 28.5 Å². The molecule has 0 aliphatic rings. The molecule has 0 radical (unpaired) electrons. The van der Waals surface area contributed by atoms with Crippen molar-refractivity contribution in [3.63, 3.8) is 0 Å². The van der Waals surface area contributed by atoms with Gasteiger partial charge in [-0.05, 0) is 30.7 Å². The zero-order valence-electron chi connectivity index (χ0n) is 13.3. The standard InChI is InChI=1S/C17H15Cl2N3OS2/c1-11-5-2-3-8-14(11)20-16-21-22-17(25-16)24-10-9-23-15-12(18)6-4-7-13(15)19/h2-8H,9-10H2,1H3,(H,20,21). The van der Waals surface area contributed by atoms with Crippen molar-refractivity contribution in [1.82, 2.24) is 10.2 Å². The molecule has 2 aromatic carbocycles. The molecule has 0 amide bonds. The summed E-state index contributed by atoms with van der Waals surface area (Å²) in [5, 5.41) is 13.4. The quantitative estimate of drug-likeness (QED) is 0.377. The number of rotatable bonds is 7. The predicted molar refractivity (Wildman–Crippen MR) is 107 cm³/mol. The summed E-state index contributed by atoms with van der Waals surface area (Å²) < 4.78 is 6.54. The lowest BCUT2D eigenvalue weighted by atomic mass is 10.2. The second kappa shape index (κ2) is 8.76. The average molecular weight is 412 g/mol. The number of nitrogens with zero attached hydrogens (tertiary/aromatic N) is 2. The smallest absolute Gasteiger partial charge is 0.210 e. The Balaban J connectivity index is 1.50. The van der Waals surface area contributed by atoms with Crippen LogP contribution in [0.2, 0.25) is 10.0 Å². The number of anilines is 2. The topological polar surface area (TPSA) is 47.0 Å². The van der Waals surface area contributed by atoms with Gasteiger partial charge in [-0.25, -0.2) is 0 Å². The van der Waals surface area contributed by atoms with Crippen LogP contribution in [0.1, 0.15) is 5.56 Å². The van der Waals surface area contributed by atoms with E-state index in [0.717, 1.165) is 26.5 Å². The highest BCUT2D eigenvalue weighted by Crippen LogP contribution is 2.33. The number of nitrogens with one attached hydrogen (secondary N) is 1. The molecule has 1 aromatic heterocycles. The first-order valence-corrected chi connectivity index (χ1v) is 10.0. The van der Waals surface area contributed by atoms with Gasteiger partial charge < -0.3 is 10.1 Å². The summed E-state index contributed by atoms with van der Waals surface area (Å²) in [6, 6.07) is 13.4. The van der Waals surface area contributed by atoms with Gasteiger partial charge in [-0.15, -0.1) is 10.2 Å². The minimum atomic E-state index is 0.480. The van der Waals surface area contributed by atoms with E-state index in [4.69, 9.17) is 27.9 Å². The molecule has 0 fully saturated rings. The fourth-order valence-corrected chi connectivity index (χ4v) is 4.20. The van der Waals surface area contributed by atoms with Crippen molar-refractivity contribution < 1.29 is 4.74 Å². The third-order valence-electron chi connectivity index (χ3n) is 3.27. The van der Waals surface area contributed by atoms with Gasteiger partial charge in [-0.2, -0.15) is 0 Å². The minimum absolute atomic E-state index is 0.480. The summed E-state index contributed by atoms with van der Waals surface area (Å²) in [7, 11) is 0. The maximum Gasteiger partial charge on any atom is 0.210 e. The third-order valence-corrected chi connectivity index (χ3v) is 5.80. The van der Waals surface area contributed by atoms with E-state index in [1.807, 2.05) is 18.2 Å². The van der Waals surface area contributed by atoms with Crippen LogP contribution in [-0.4, -0.2) is 22.6 Å². The maximum absolute atomic E-state index is 6.07. The zero-order chi connectivity index (χ0) is 17.6. The fraction of sp³-hybridized carbons (Fsp3) is 0.176. The van der Waals surface area contributed by atoms with Crippen LogP contribution in [0, 0.1) is 6.92 Å². The first-order valence-electron chi connectivity index (χ1n) is 7.49. The second-order valence-corrected chi connectivity index (χ2v) is 8.19. The van der Waals surface area contributed by atoms with Gasteiger partial charge in [0.15, 0.2) is 10.1 Å². The molecular weight excluding hydrogens is 397 g/mol. The Morgan fingerprint density at radius 1 is 1.08 bits per heavy atom. The van der Waals surface area contributed by atoms with Crippen molar-refractivity contribution in [3.8, 4) is 5.75 Å². The highest BCUT2D eigenvalue weighted by atomic mass is 35.5. The van der Waals surface area contributed by atoms with E-state index in [0.29, 0.717) is 22.4 Å². The van der Waals surface area contributed by atoms with Crippen LogP contribution in [-0.2, 0) is 0 Å². The Kier molecular flexibility index (Phi) is 6.42. The number of para-hydroxylation sites is 2. The number of hydrogen-bond acceptors (Lipinski definition) is 6. The van der Waals surface area contributed by atoms with Gasteiger partial charge in [0.2, 0.25) is 5.13 Å². The first kappa shape index (κ1) is 18.3. The Labute approximate surface area is 164 Å². The molecule has 0 spiro atoms. The van der Waals surface area contributed by atoms with Crippen molar-refractivity contribution in [3.05, 3.63) is 58.1 Å². The van der Waals surface area contributed by atoms with Crippen molar-refractivity contribution in [2.24, 2.45) is 0 Å². The van der Waals surface area contributed by atoms with E-state index >= 15 is 0 Å². The minimum Gasteiger partial charge on any atom is -0.490 e. The lowest BCUT2D eigenvalue weighted by Gasteiger charge is -2.08. The van der Waals surface area contributed by atoms with Crippen LogP contribution in [0.5, 0.6) is 5.75 Å². The van der Waals surface area contributed by atoms with Gasteiger partial charge in [0, 0.05) is 11.4 Å². The molecule has 0 atom stereocenters. The van der Waals surface area contributed by atoms with Gasteiger partial charge in [0.25, 0.3) is 0 Å². The lowest BCUT2D eigenvalue weighted by molar-refractivity contribution is 0.344. The van der Waals surface area contributed by atoms with Gasteiger partial charge in [-0.3, -0.25) is 0 Å². The summed E-state index contributed by atoms with van der Waals surface area (Å²) >= 11 is 15.2. The summed E-state index contributed by atoms with van der Waals surface area (Å²) in [5.74, 6) is 1.24. The molecule has 0 unspecified atom stereocenters. The molecule has 0 bridgehead atoms. The number of aromatic nitrogens is 2. The van der Waals surface area contributed by atoms with E-state index < -0.39 is 0 Å². The fourth-order valence-electron chi connectivity index (χ4n) is 2.04. The van der Waals surface area contributed by atoms with Crippen molar-refractivity contribution in [2.75, 3.05) is 17.7 Å². The normalized spacial score (nSPS) is 10.7. The Bertz CT molecular complexity index is 837. The number of ether oxygens (including phenoxy) is 1. The molecule has 130 valence electrons. The van der Waals surface area contributed by atoms with Crippen LogP contribution in [0.15, 0.2) is 46.8 Å². The molecule has 3 rings (SSSR count). The first-order chi connectivity index (χ1) is 12.1. The molecule has 8 heteroatoms. The SMILES string of the molecule is Cc1ccccc1Nc1nnc(SCCOc2c(Cl)cccc2Cl)s1. The molecule has 1 N–H and O–H groups in total. The third kappa shape index (κ3) is 5.01. The summed E-state index contributed by atoms with van der Waals surface area (Å²) in [6.07, 6.45) is 0. The summed E-state index contributed by atoms with van der Waals surface area (Å²) in [4.78, 5) is 0. The number of aryl methyl sites for hydroxylation is 1. The molecule has 0 saturated carbocycles. The zero-order valence-corrected chi connectivity index (χ0v) is 16.5. The molecule has 0 aliphatic heterocycles. The van der Waals surface area contributed by atoms with Crippen molar-refractivity contribution in [1.29, 1.82) is 0 Å². The van der Waals surface area contributed by atoms with Crippen LogP contribution in [0.25, 0.3) is 0 Å². The van der Waals surface area contributed by atoms with Gasteiger partial charge in [0.05, 0.1) is 16.7 Å². The van der Waals surface area contributed by atoms with E-state index in [1.54, 1.807) is 30.0 Å². The maximum atomic E-state index is 6.07. The second-order valence-electron chi connectivity index (χ2n) is 5.06. The summed E-state index contributed by atoms with van der Waals surface area (Å²) in [5.41, 5.74) is 2.20. The van der Waals surface area contributed by atoms with Crippen LogP contribution >= 0.6 is 46.3 Å². The van der Waals surface area contributed by atoms with Gasteiger partial charge >= 0.3 is 0 Å². The van der Waals surface area contributed by atoms with Crippen LogP contribution in [0.4, 0.5) is 10.8 Å². The molecule has 0 saturated heterocycles. The largest absolute Gasteiger partial charge is 0.490 e. The monoisotopic (exact) mass is 411 g/mol. The molecule has 1 heterocycles. The molecular formula is C17H15Cl2N3OS2.